The molecule has 0 aliphatic heterocycles. The van der Waals surface area contributed by atoms with Crippen molar-refractivity contribution in [1.82, 2.24) is 9.97 Å². The molecule has 0 spiro atoms. The maximum absolute atomic E-state index is 3.93. The van der Waals surface area contributed by atoms with Crippen molar-refractivity contribution in [2.24, 2.45) is 0 Å². The molecule has 1 aromatic rings. The van der Waals surface area contributed by atoms with E-state index >= 15 is 0 Å². The Kier molecular flexibility index (Phi) is 5.29. The van der Waals surface area contributed by atoms with Crippen LogP contribution in [0.3, 0.4) is 0 Å². The second-order valence-electron chi connectivity index (χ2n) is 1.79. The lowest BCUT2D eigenvalue weighted by Gasteiger charge is -1.95. The zero-order chi connectivity index (χ0) is 8.69. The van der Waals surface area contributed by atoms with Gasteiger partial charge >= 0.3 is 0 Å². The summed E-state index contributed by atoms with van der Waals surface area (Å²) in [6, 6.07) is 1.88. The van der Waals surface area contributed by atoms with Crippen LogP contribution in [0.2, 0.25) is 0 Å². The molecule has 0 fully saturated rings. The summed E-state index contributed by atoms with van der Waals surface area (Å²) < 4.78 is 0. The van der Waals surface area contributed by atoms with Gasteiger partial charge in [-0.15, -0.1) is 7.05 Å². The standard InChI is InChI=1S/C6H9N3.C2H6/c1-5-3-6(7-2)9-4-8-5;1-2/h3-4H,2,7H2,1H3;1-2H3. The number of aryl methyl sites for hydroxylation is 1. The third-order valence-corrected chi connectivity index (χ3v) is 1.03. The fraction of sp³-hybridized carbons (Fsp3) is 0.375. The van der Waals surface area contributed by atoms with E-state index in [-0.39, 0.29) is 0 Å². The molecule has 0 unspecified atom stereocenters. The fourth-order valence-corrected chi connectivity index (χ4v) is 0.587. The van der Waals surface area contributed by atoms with E-state index in [9.17, 15) is 0 Å². The van der Waals surface area contributed by atoms with Crippen LogP contribution in [0.25, 0.3) is 0 Å². The van der Waals surface area contributed by atoms with Crippen LogP contribution in [0.15, 0.2) is 12.4 Å². The van der Waals surface area contributed by atoms with E-state index in [4.69, 9.17) is 0 Å². The summed E-state index contributed by atoms with van der Waals surface area (Å²) in [6.45, 7) is 5.93. The normalized spacial score (nSPS) is 8.36. The minimum Gasteiger partial charge on any atom is -0.429 e. The molecule has 0 amide bonds. The maximum Gasteiger partial charge on any atom is 0.201 e. The second kappa shape index (κ2) is 5.80. The highest BCUT2D eigenvalue weighted by atomic mass is 15.0. The van der Waals surface area contributed by atoms with E-state index < -0.39 is 0 Å². The number of nitrogens with zero attached hydrogens (tertiary/aromatic N) is 2. The van der Waals surface area contributed by atoms with E-state index in [1.54, 1.807) is 5.32 Å². The molecule has 1 rings (SSSR count). The Morgan fingerprint density at radius 3 is 2.36 bits per heavy atom. The average molecular weight is 153 g/mol. The monoisotopic (exact) mass is 153 g/mol. The van der Waals surface area contributed by atoms with Crippen LogP contribution in [0.5, 0.6) is 0 Å². The van der Waals surface area contributed by atoms with Gasteiger partial charge in [-0.1, -0.05) is 13.8 Å². The van der Waals surface area contributed by atoms with Gasteiger partial charge in [0.05, 0.1) is 0 Å². The van der Waals surface area contributed by atoms with Gasteiger partial charge in [0.2, 0.25) is 5.82 Å². The summed E-state index contributed by atoms with van der Waals surface area (Å²) >= 11 is 0. The third kappa shape index (κ3) is 3.68. The smallest absolute Gasteiger partial charge is 0.201 e. The summed E-state index contributed by atoms with van der Waals surface area (Å²) in [5.74, 6) is 0.877. The molecule has 3 heteroatoms. The van der Waals surface area contributed by atoms with Crippen LogP contribution in [-0.2, 0) is 0 Å². The number of aromatic nitrogens is 2. The zero-order valence-corrected chi connectivity index (χ0v) is 7.33. The van der Waals surface area contributed by atoms with Crippen molar-refractivity contribution in [3.05, 3.63) is 25.1 Å². The number of hydrogen-bond acceptors (Lipinski definition) is 2. The molecule has 0 aliphatic rings. The zero-order valence-electron chi connectivity index (χ0n) is 7.33. The molecular formula is C8H15N3. The van der Waals surface area contributed by atoms with Crippen LogP contribution in [0.4, 0.5) is 5.82 Å². The first-order valence-corrected chi connectivity index (χ1v) is 3.74. The second-order valence-corrected chi connectivity index (χ2v) is 1.79. The molecule has 11 heavy (non-hydrogen) atoms. The first kappa shape index (κ1) is 10.0. The third-order valence-electron chi connectivity index (χ3n) is 1.03. The number of rotatable bonds is 1. The van der Waals surface area contributed by atoms with Crippen LogP contribution >= 0.6 is 0 Å². The molecule has 0 saturated carbocycles. The van der Waals surface area contributed by atoms with Crippen molar-refractivity contribution in [1.29, 1.82) is 0 Å². The lowest BCUT2D eigenvalue weighted by molar-refractivity contribution is -0.509. The van der Waals surface area contributed by atoms with Crippen LogP contribution < -0.4 is 5.32 Å². The van der Waals surface area contributed by atoms with E-state index in [1.165, 1.54) is 6.33 Å². The summed E-state index contributed by atoms with van der Waals surface area (Å²) in [7, 11) is 3.58. The van der Waals surface area contributed by atoms with E-state index in [0.717, 1.165) is 11.5 Å². The Morgan fingerprint density at radius 2 is 2.00 bits per heavy atom. The Morgan fingerprint density at radius 1 is 1.36 bits per heavy atom. The first-order chi connectivity index (χ1) is 5.33. The van der Waals surface area contributed by atoms with Crippen molar-refractivity contribution in [3.8, 4) is 0 Å². The molecule has 0 bridgehead atoms. The maximum atomic E-state index is 3.93. The fourth-order valence-electron chi connectivity index (χ4n) is 0.587. The topological polar surface area (TPSA) is 42.4 Å². The first-order valence-electron chi connectivity index (χ1n) is 3.74. The van der Waals surface area contributed by atoms with Gasteiger partial charge in [-0.25, -0.2) is 4.98 Å². The van der Waals surface area contributed by atoms with Gasteiger partial charge < -0.3 is 5.32 Å². The number of quaternary nitrogens is 1. The minimum atomic E-state index is 0.877. The lowest BCUT2D eigenvalue weighted by atomic mass is 10.4. The molecule has 0 aliphatic carbocycles. The van der Waals surface area contributed by atoms with Crippen LogP contribution in [0.1, 0.15) is 19.5 Å². The Balaban J connectivity index is 0.000000461. The van der Waals surface area contributed by atoms with Crippen molar-refractivity contribution in [2.75, 3.05) is 0 Å². The summed E-state index contributed by atoms with van der Waals surface area (Å²) in [5, 5.41) is 1.70. The van der Waals surface area contributed by atoms with E-state index in [1.807, 2.05) is 26.8 Å². The van der Waals surface area contributed by atoms with E-state index in [0.29, 0.717) is 0 Å². The molecule has 1 aromatic heterocycles. The highest BCUT2D eigenvalue weighted by molar-refractivity contribution is 5.17. The van der Waals surface area contributed by atoms with Crippen LogP contribution in [0, 0.1) is 14.0 Å². The molecule has 0 aromatic carbocycles. The largest absolute Gasteiger partial charge is 0.429 e. The van der Waals surface area contributed by atoms with Crippen LogP contribution in [-0.4, -0.2) is 9.97 Å². The lowest BCUT2D eigenvalue weighted by Crippen LogP contribution is -2.70. The Labute approximate surface area is 67.9 Å². The number of hydrogen-bond donors (Lipinski definition) is 1. The highest BCUT2D eigenvalue weighted by Crippen LogP contribution is 1.93. The molecule has 0 saturated heterocycles. The van der Waals surface area contributed by atoms with Gasteiger partial charge in [0.25, 0.3) is 0 Å². The summed E-state index contributed by atoms with van der Waals surface area (Å²) in [6.07, 6.45) is 1.53. The van der Waals surface area contributed by atoms with E-state index in [2.05, 4.69) is 17.0 Å². The van der Waals surface area contributed by atoms with Crippen molar-refractivity contribution in [2.45, 2.75) is 20.8 Å². The molecule has 2 N–H and O–H groups in total. The highest BCUT2D eigenvalue weighted by Gasteiger charge is 1.89. The van der Waals surface area contributed by atoms with Gasteiger partial charge in [0.15, 0.2) is 0 Å². The quantitative estimate of drug-likeness (QED) is 0.606. The average Bonchev–Trinajstić information content (AvgIpc) is 2.08. The molecule has 1 heterocycles. The molecule has 3 nitrogen and oxygen atoms in total. The molecule has 62 valence electrons. The molecular weight excluding hydrogens is 138 g/mol. The van der Waals surface area contributed by atoms with Crippen molar-refractivity contribution in [3.63, 3.8) is 0 Å². The Bertz CT molecular complexity index is 198. The summed E-state index contributed by atoms with van der Waals surface area (Å²) in [5.41, 5.74) is 0.972. The van der Waals surface area contributed by atoms with Crippen molar-refractivity contribution < 1.29 is 5.32 Å². The van der Waals surface area contributed by atoms with Gasteiger partial charge in [0.1, 0.15) is 6.33 Å². The van der Waals surface area contributed by atoms with Gasteiger partial charge in [-0.3, -0.25) is 0 Å². The van der Waals surface area contributed by atoms with Crippen molar-refractivity contribution >= 4 is 5.82 Å². The van der Waals surface area contributed by atoms with Gasteiger partial charge in [-0.05, 0) is 6.92 Å². The predicted molar refractivity (Wildman–Crippen MR) is 45.1 cm³/mol. The molecule has 0 radical (unpaired) electrons. The van der Waals surface area contributed by atoms with Gasteiger partial charge in [-0.2, -0.15) is 4.98 Å². The minimum absolute atomic E-state index is 0.877. The Hall–Kier alpha value is -0.960. The SMILES string of the molecule is CC.[CH2-][NH2+]c1cc(C)ncn1. The molecule has 0 atom stereocenters. The summed E-state index contributed by atoms with van der Waals surface area (Å²) in [4.78, 5) is 7.86. The van der Waals surface area contributed by atoms with Gasteiger partial charge in [0, 0.05) is 11.8 Å². The predicted octanol–water partition coefficient (Wildman–Crippen LogP) is 0.798. The number of nitrogens with two attached hydrogens (primary N) is 1.